The normalized spacial score (nSPS) is 9.85. The van der Waals surface area contributed by atoms with Crippen molar-refractivity contribution in [1.29, 1.82) is 0 Å². The van der Waals surface area contributed by atoms with Gasteiger partial charge in [0.2, 0.25) is 0 Å². The van der Waals surface area contributed by atoms with Crippen molar-refractivity contribution in [3.63, 3.8) is 0 Å². The fourth-order valence-corrected chi connectivity index (χ4v) is 2.85. The van der Waals surface area contributed by atoms with Crippen LogP contribution in [0.4, 0.5) is 43.9 Å². The summed E-state index contributed by atoms with van der Waals surface area (Å²) < 4.78 is 139. The zero-order valence-electron chi connectivity index (χ0n) is 11.9. The Morgan fingerprint density at radius 3 is 0.778 bits per heavy atom. The Morgan fingerprint density at radius 2 is 0.556 bits per heavy atom. The van der Waals surface area contributed by atoms with Gasteiger partial charge in [-0.1, -0.05) is 0 Å². The van der Waals surface area contributed by atoms with Crippen LogP contribution in [0.25, 0.3) is 0 Å². The van der Waals surface area contributed by atoms with Crippen molar-refractivity contribution in [2.45, 2.75) is 0 Å². The standard InChI is InChI=1S/2C6HF5O.2ClH.Zr/c2*7-1-2(8)4(10)6(12)5(11)3(1)9;;;/h2*12H;2*1H;/q;;;;+4/p-4. The van der Waals surface area contributed by atoms with Crippen molar-refractivity contribution in [1.82, 2.24) is 0 Å². The van der Waals surface area contributed by atoms with Crippen molar-refractivity contribution in [2.75, 3.05) is 0 Å². The van der Waals surface area contributed by atoms with Crippen molar-refractivity contribution in [3.05, 3.63) is 58.2 Å². The van der Waals surface area contributed by atoms with Gasteiger partial charge in [-0.05, 0) is 0 Å². The minimum Gasteiger partial charge on any atom is -1.00 e. The van der Waals surface area contributed by atoms with Crippen LogP contribution in [-0.2, 0) is 24.1 Å². The van der Waals surface area contributed by atoms with Gasteiger partial charge in [0.05, 0.1) is 0 Å². The molecule has 0 unspecified atom stereocenters. The molecule has 0 aromatic heterocycles. The van der Waals surface area contributed by atoms with Gasteiger partial charge in [0.25, 0.3) is 0 Å². The van der Waals surface area contributed by atoms with Crippen LogP contribution in [0, 0.1) is 58.2 Å². The fourth-order valence-electron chi connectivity index (χ4n) is 1.45. The largest absolute Gasteiger partial charge is 1.00 e. The molecule has 2 aromatic rings. The summed E-state index contributed by atoms with van der Waals surface area (Å²) in [4.78, 5) is 0. The second-order valence-corrected chi connectivity index (χ2v) is 5.50. The molecule has 148 valence electrons. The van der Waals surface area contributed by atoms with E-state index in [1.165, 1.54) is 0 Å². The van der Waals surface area contributed by atoms with Gasteiger partial charge in [0, 0.05) is 0 Å². The molecule has 0 fully saturated rings. The Labute approximate surface area is 168 Å². The molecular formula is C12Cl2F10O2Zr. The third-order valence-electron chi connectivity index (χ3n) is 2.63. The topological polar surface area (TPSA) is 18.5 Å². The third-order valence-corrected chi connectivity index (χ3v) is 4.04. The quantitative estimate of drug-likeness (QED) is 0.272. The molecule has 0 spiro atoms. The first-order chi connectivity index (χ1) is 11.6. The smallest absolute Gasteiger partial charge is 1.00 e. The summed E-state index contributed by atoms with van der Waals surface area (Å²) in [6, 6.07) is 0. The number of benzene rings is 2. The summed E-state index contributed by atoms with van der Waals surface area (Å²) >= 11 is -3.34. The first-order valence-corrected chi connectivity index (χ1v) is 7.71. The van der Waals surface area contributed by atoms with E-state index in [0.717, 1.165) is 0 Å². The van der Waals surface area contributed by atoms with Gasteiger partial charge in [-0.15, -0.1) is 0 Å². The van der Waals surface area contributed by atoms with Gasteiger partial charge in [0.1, 0.15) is 0 Å². The molecule has 0 amide bonds. The summed E-state index contributed by atoms with van der Waals surface area (Å²) in [6.45, 7) is 0. The first-order valence-electron chi connectivity index (χ1n) is 5.71. The van der Waals surface area contributed by atoms with E-state index in [9.17, 15) is 43.9 Å². The number of hydrogen-bond donors (Lipinski definition) is 0. The van der Waals surface area contributed by atoms with Crippen LogP contribution in [0.2, 0.25) is 0 Å². The molecular weight excluding hydrogens is 528 g/mol. The second-order valence-electron chi connectivity index (χ2n) is 4.09. The van der Waals surface area contributed by atoms with Crippen molar-refractivity contribution >= 4 is 0 Å². The van der Waals surface area contributed by atoms with Gasteiger partial charge in [-0.25, -0.2) is 0 Å². The maximum atomic E-state index is 13.3. The predicted molar refractivity (Wildman–Crippen MR) is 53.7 cm³/mol. The minimum atomic E-state index is -3.34. The summed E-state index contributed by atoms with van der Waals surface area (Å²) in [7, 11) is 0. The van der Waals surface area contributed by atoms with E-state index >= 15 is 0 Å². The van der Waals surface area contributed by atoms with Crippen LogP contribution in [-0.4, -0.2) is 0 Å². The molecule has 0 radical (unpaired) electrons. The van der Waals surface area contributed by atoms with Crippen LogP contribution in [0.1, 0.15) is 0 Å². The van der Waals surface area contributed by atoms with Crippen LogP contribution in [0.15, 0.2) is 0 Å². The Bertz CT molecular complexity index is 740. The van der Waals surface area contributed by atoms with Crippen LogP contribution in [0.3, 0.4) is 0 Å². The number of hydrogen-bond acceptors (Lipinski definition) is 2. The van der Waals surface area contributed by atoms with Gasteiger partial charge in [0.15, 0.2) is 0 Å². The molecule has 0 aliphatic carbocycles. The Morgan fingerprint density at radius 1 is 0.370 bits per heavy atom. The monoisotopic (exact) mass is 526 g/mol. The van der Waals surface area contributed by atoms with Crippen molar-refractivity contribution < 1.29 is 98.5 Å². The number of rotatable bonds is 4. The molecule has 0 saturated carbocycles. The third kappa shape index (κ3) is 4.63. The van der Waals surface area contributed by atoms with E-state index < -0.39 is 93.8 Å². The van der Waals surface area contributed by atoms with Gasteiger partial charge < -0.3 is 24.8 Å². The van der Waals surface area contributed by atoms with E-state index in [-0.39, 0.29) is 24.8 Å². The average molecular weight is 528 g/mol. The maximum Gasteiger partial charge on any atom is -1.00 e. The Balaban J connectivity index is 0.00000338. The van der Waals surface area contributed by atoms with Crippen molar-refractivity contribution in [2.24, 2.45) is 0 Å². The van der Waals surface area contributed by atoms with Gasteiger partial charge >= 0.3 is 143 Å². The van der Waals surface area contributed by atoms with E-state index in [0.29, 0.717) is 0 Å². The van der Waals surface area contributed by atoms with E-state index in [4.69, 9.17) is 0 Å². The number of halogens is 12. The zero-order valence-corrected chi connectivity index (χ0v) is 15.8. The molecule has 27 heavy (non-hydrogen) atoms. The minimum absolute atomic E-state index is 0. The molecule has 15 heteroatoms. The van der Waals surface area contributed by atoms with E-state index in [1.54, 1.807) is 0 Å². The molecule has 2 nitrogen and oxygen atoms in total. The molecule has 0 saturated heterocycles. The zero-order chi connectivity index (χ0) is 19.0. The molecule has 0 aliphatic heterocycles. The molecule has 0 heterocycles. The first kappa shape index (κ1) is 25.8. The Hall–Kier alpha value is -1.20. The Kier molecular flexibility index (Phi) is 9.40. The SMILES string of the molecule is Fc1c(F)c(F)c([O][Zr+2][O]c2c(F)c(F)c(F)c(F)c2F)c(F)c1F.[Cl-].[Cl-]. The second kappa shape index (κ2) is 9.83. The summed E-state index contributed by atoms with van der Waals surface area (Å²) in [5.74, 6) is -27.5. The summed E-state index contributed by atoms with van der Waals surface area (Å²) in [5, 5.41) is 0. The molecule has 0 N–H and O–H groups in total. The van der Waals surface area contributed by atoms with E-state index in [2.05, 4.69) is 5.63 Å². The summed E-state index contributed by atoms with van der Waals surface area (Å²) in [5.41, 5.74) is 0. The van der Waals surface area contributed by atoms with Crippen LogP contribution in [0.5, 0.6) is 11.5 Å². The molecule has 0 atom stereocenters. The van der Waals surface area contributed by atoms with Crippen LogP contribution >= 0.6 is 0 Å². The molecule has 0 bridgehead atoms. The maximum absolute atomic E-state index is 13.3. The molecule has 2 aromatic carbocycles. The molecule has 2 rings (SSSR count). The van der Waals surface area contributed by atoms with Gasteiger partial charge in [-0.2, -0.15) is 0 Å². The van der Waals surface area contributed by atoms with Crippen molar-refractivity contribution in [3.8, 4) is 11.5 Å². The van der Waals surface area contributed by atoms with E-state index in [1.807, 2.05) is 0 Å². The predicted octanol–water partition coefficient (Wildman–Crippen LogP) is -1.54. The fraction of sp³-hybridized carbons (Fsp3) is 0. The molecule has 0 aliphatic rings. The summed E-state index contributed by atoms with van der Waals surface area (Å²) in [6.07, 6.45) is 0. The average Bonchev–Trinajstić information content (AvgIpc) is 2.60. The van der Waals surface area contributed by atoms with Crippen LogP contribution < -0.4 is 30.4 Å². The van der Waals surface area contributed by atoms with Gasteiger partial charge in [-0.3, -0.25) is 0 Å².